The molecule has 1 N–H and O–H groups in total. The highest BCUT2D eigenvalue weighted by Crippen LogP contribution is 2.39. The van der Waals surface area contributed by atoms with Crippen molar-refractivity contribution in [2.45, 2.75) is 12.0 Å². The Morgan fingerprint density at radius 2 is 2.26 bits per heavy atom. The van der Waals surface area contributed by atoms with Crippen LogP contribution in [0.4, 0.5) is 5.69 Å². The molecular formula is C19H16N6O2. The highest BCUT2D eigenvalue weighted by atomic mass is 16.5. The number of benzene rings is 1. The van der Waals surface area contributed by atoms with E-state index in [1.807, 2.05) is 42.2 Å². The summed E-state index contributed by atoms with van der Waals surface area (Å²) < 4.78 is 7.79. The second-order valence-corrected chi connectivity index (χ2v) is 6.91. The Kier molecular flexibility index (Phi) is 3.15. The van der Waals surface area contributed by atoms with Crippen LogP contribution in [-0.4, -0.2) is 44.3 Å². The lowest BCUT2D eigenvalue weighted by Gasteiger charge is -2.33. The maximum absolute atomic E-state index is 12.7. The van der Waals surface area contributed by atoms with Crippen molar-refractivity contribution in [1.82, 2.24) is 19.7 Å². The molecule has 0 saturated carbocycles. The molecule has 0 aliphatic carbocycles. The maximum atomic E-state index is 12.7. The van der Waals surface area contributed by atoms with Crippen LogP contribution in [0.15, 0.2) is 36.7 Å². The van der Waals surface area contributed by atoms with Gasteiger partial charge in [-0.15, -0.1) is 0 Å². The van der Waals surface area contributed by atoms with Gasteiger partial charge in [-0.25, -0.2) is 4.98 Å². The lowest BCUT2D eigenvalue weighted by Crippen LogP contribution is -2.52. The van der Waals surface area contributed by atoms with Crippen molar-refractivity contribution in [2.24, 2.45) is 7.05 Å². The molecular weight excluding hydrogens is 344 g/mol. The average Bonchev–Trinajstić information content (AvgIpc) is 3.27. The average molecular weight is 360 g/mol. The Bertz CT molecular complexity index is 1130. The molecule has 8 nitrogen and oxygen atoms in total. The summed E-state index contributed by atoms with van der Waals surface area (Å²) in [5.74, 6) is 0.155. The number of ether oxygens (including phenoxy) is 1. The van der Waals surface area contributed by atoms with Gasteiger partial charge in [-0.1, -0.05) is 12.1 Å². The summed E-state index contributed by atoms with van der Waals surface area (Å²) in [5.41, 5.74) is 2.38. The van der Waals surface area contributed by atoms with E-state index >= 15 is 0 Å². The molecule has 1 spiro atoms. The molecule has 4 heterocycles. The minimum absolute atomic E-state index is 0.230. The fourth-order valence-corrected chi connectivity index (χ4v) is 3.80. The van der Waals surface area contributed by atoms with E-state index in [0.717, 1.165) is 22.0 Å². The van der Waals surface area contributed by atoms with Crippen molar-refractivity contribution < 1.29 is 9.53 Å². The Hall–Kier alpha value is -3.60. The summed E-state index contributed by atoms with van der Waals surface area (Å²) in [6.07, 6.45) is 6.10. The predicted molar refractivity (Wildman–Crippen MR) is 97.7 cm³/mol. The third-order valence-electron chi connectivity index (χ3n) is 5.28. The van der Waals surface area contributed by atoms with Crippen LogP contribution in [0.25, 0.3) is 22.0 Å². The Morgan fingerprint density at radius 3 is 3.07 bits per heavy atom. The minimum Gasteiger partial charge on any atom is -0.457 e. The number of nitrogens with zero attached hydrogens (tertiary/aromatic N) is 5. The highest BCUT2D eigenvalue weighted by Gasteiger charge is 2.50. The van der Waals surface area contributed by atoms with E-state index in [2.05, 4.69) is 21.6 Å². The molecule has 0 bridgehead atoms. The van der Waals surface area contributed by atoms with Gasteiger partial charge in [-0.2, -0.15) is 10.4 Å². The lowest BCUT2D eigenvalue weighted by molar-refractivity contribution is -0.131. The molecule has 134 valence electrons. The largest absolute Gasteiger partial charge is 0.457 e. The molecule has 0 radical (unpaired) electrons. The quantitative estimate of drug-likeness (QED) is 0.666. The van der Waals surface area contributed by atoms with Crippen molar-refractivity contribution in [2.75, 3.05) is 18.4 Å². The lowest BCUT2D eigenvalue weighted by atomic mass is 9.99. The van der Waals surface area contributed by atoms with Crippen molar-refractivity contribution in [3.05, 3.63) is 36.7 Å². The topological polar surface area (TPSA) is 96.1 Å². The van der Waals surface area contributed by atoms with Crippen LogP contribution in [0.3, 0.4) is 0 Å². The van der Waals surface area contributed by atoms with Gasteiger partial charge in [0.25, 0.3) is 5.91 Å². The van der Waals surface area contributed by atoms with Crippen molar-refractivity contribution in [3.8, 4) is 23.2 Å². The number of anilines is 1. The number of aryl methyl sites for hydroxylation is 1. The summed E-state index contributed by atoms with van der Waals surface area (Å²) in [7, 11) is 1.90. The van der Waals surface area contributed by atoms with E-state index in [4.69, 9.17) is 10.00 Å². The molecule has 1 saturated heterocycles. The van der Waals surface area contributed by atoms with Crippen LogP contribution in [0, 0.1) is 11.5 Å². The monoisotopic (exact) mass is 360 g/mol. The summed E-state index contributed by atoms with van der Waals surface area (Å²) >= 11 is 0. The molecule has 3 aromatic rings. The zero-order valence-electron chi connectivity index (χ0n) is 14.6. The van der Waals surface area contributed by atoms with Crippen molar-refractivity contribution in [1.29, 1.82) is 5.26 Å². The van der Waals surface area contributed by atoms with Crippen LogP contribution in [0.2, 0.25) is 0 Å². The van der Waals surface area contributed by atoms with Crippen LogP contribution in [0.5, 0.6) is 5.88 Å². The number of likely N-dealkylation sites (tertiary alicyclic amines) is 1. The minimum atomic E-state index is -1.04. The molecule has 27 heavy (non-hydrogen) atoms. The maximum Gasteiger partial charge on any atom is 0.270 e. The number of fused-ring (bicyclic) bond motifs is 2. The normalized spacial score (nSPS) is 21.0. The molecule has 1 aromatic carbocycles. The Labute approximate surface area is 155 Å². The number of rotatable bonds is 1. The molecule has 5 rings (SSSR count). The third-order valence-corrected chi connectivity index (χ3v) is 5.28. The van der Waals surface area contributed by atoms with Gasteiger partial charge in [-0.3, -0.25) is 9.48 Å². The SMILES string of the molecule is Cn1ncc2c(-c3cnc4c(c3)NC(=O)C3(CCN(C#N)C3)O4)cccc21. The number of carbonyl (C=O) groups excluding carboxylic acids is 1. The van der Waals surface area contributed by atoms with E-state index in [1.165, 1.54) is 4.90 Å². The number of pyridine rings is 1. The molecule has 2 aliphatic heterocycles. The van der Waals surface area contributed by atoms with Gasteiger partial charge in [0.05, 0.1) is 18.3 Å². The molecule has 2 aromatic heterocycles. The summed E-state index contributed by atoms with van der Waals surface area (Å²) in [6, 6.07) is 7.85. The Balaban J connectivity index is 1.55. The number of hydrogen-bond donors (Lipinski definition) is 1. The van der Waals surface area contributed by atoms with E-state index in [1.54, 1.807) is 6.20 Å². The number of carbonyl (C=O) groups is 1. The molecule has 1 fully saturated rings. The summed E-state index contributed by atoms with van der Waals surface area (Å²) in [5, 5.41) is 17.3. The molecule has 2 aliphatic rings. The molecule has 1 unspecified atom stereocenters. The summed E-state index contributed by atoms with van der Waals surface area (Å²) in [6.45, 7) is 0.744. The van der Waals surface area contributed by atoms with E-state index < -0.39 is 5.60 Å². The standard InChI is InChI=1S/C19H16N6O2/c1-24-16-4-2-3-13(14(16)9-22-24)12-7-15-17(21-8-12)27-19(18(26)23-15)5-6-25(10-19)11-20/h2-4,7-9H,5-6,10H2,1H3,(H,23,26). The fourth-order valence-electron chi connectivity index (χ4n) is 3.80. The first-order chi connectivity index (χ1) is 13.1. The first-order valence-electron chi connectivity index (χ1n) is 8.66. The van der Waals surface area contributed by atoms with Crippen LogP contribution >= 0.6 is 0 Å². The molecule has 1 atom stereocenters. The van der Waals surface area contributed by atoms with Crippen molar-refractivity contribution >= 4 is 22.5 Å². The van der Waals surface area contributed by atoms with E-state index in [-0.39, 0.29) is 12.5 Å². The van der Waals surface area contributed by atoms with Crippen molar-refractivity contribution in [3.63, 3.8) is 0 Å². The van der Waals surface area contributed by atoms with Crippen LogP contribution in [0.1, 0.15) is 6.42 Å². The van der Waals surface area contributed by atoms with Gasteiger partial charge in [0.2, 0.25) is 11.5 Å². The summed E-state index contributed by atoms with van der Waals surface area (Å²) in [4.78, 5) is 18.7. The zero-order chi connectivity index (χ0) is 18.6. The number of hydrogen-bond acceptors (Lipinski definition) is 6. The van der Waals surface area contributed by atoms with Gasteiger partial charge < -0.3 is 15.0 Å². The van der Waals surface area contributed by atoms with E-state index in [0.29, 0.717) is 24.5 Å². The Morgan fingerprint density at radius 1 is 1.37 bits per heavy atom. The fraction of sp³-hybridized carbons (Fsp3) is 0.263. The van der Waals surface area contributed by atoms with Crippen LogP contribution in [-0.2, 0) is 11.8 Å². The first kappa shape index (κ1) is 15.6. The van der Waals surface area contributed by atoms with Gasteiger partial charge in [0.15, 0.2) is 6.19 Å². The third kappa shape index (κ3) is 2.25. The highest BCUT2D eigenvalue weighted by molar-refractivity contribution is 6.02. The van der Waals surface area contributed by atoms with Crippen LogP contribution < -0.4 is 10.1 Å². The van der Waals surface area contributed by atoms with Gasteiger partial charge in [0.1, 0.15) is 5.69 Å². The number of amides is 1. The first-order valence-corrected chi connectivity index (χ1v) is 8.66. The smallest absolute Gasteiger partial charge is 0.270 e. The number of aromatic nitrogens is 3. The predicted octanol–water partition coefficient (Wildman–Crippen LogP) is 1.89. The zero-order valence-corrected chi connectivity index (χ0v) is 14.6. The number of nitrogens with one attached hydrogen (secondary N) is 1. The molecule has 1 amide bonds. The van der Waals surface area contributed by atoms with Gasteiger partial charge in [-0.05, 0) is 17.7 Å². The second kappa shape index (κ2) is 5.45. The second-order valence-electron chi connectivity index (χ2n) is 6.91. The molecule has 8 heteroatoms. The van der Waals surface area contributed by atoms with Gasteiger partial charge >= 0.3 is 0 Å². The number of nitriles is 1. The van der Waals surface area contributed by atoms with Gasteiger partial charge in [0, 0.05) is 37.2 Å². The van der Waals surface area contributed by atoms with E-state index in [9.17, 15) is 4.79 Å².